The van der Waals surface area contributed by atoms with Crippen LogP contribution in [-0.4, -0.2) is 22.7 Å². The van der Waals surface area contributed by atoms with Gasteiger partial charge in [0, 0.05) is 18.2 Å². The Morgan fingerprint density at radius 2 is 2.00 bits per heavy atom. The first-order chi connectivity index (χ1) is 11.4. The highest BCUT2D eigenvalue weighted by Gasteiger charge is 2.26. The van der Waals surface area contributed by atoms with E-state index in [-0.39, 0.29) is 33.1 Å². The number of hydrogen-bond acceptors (Lipinski definition) is 4. The van der Waals surface area contributed by atoms with Crippen molar-refractivity contribution in [3.8, 4) is 17.1 Å². The van der Waals surface area contributed by atoms with Gasteiger partial charge in [-0.1, -0.05) is 11.6 Å². The highest BCUT2D eigenvalue weighted by molar-refractivity contribution is 6.39. The number of carboxylic acids is 1. The number of nitrogens with one attached hydrogen (secondary N) is 1. The second kappa shape index (κ2) is 6.05. The molecule has 7 heteroatoms. The molecule has 24 heavy (non-hydrogen) atoms. The lowest BCUT2D eigenvalue weighted by Crippen LogP contribution is -1.99. The Bertz CT molecular complexity index is 934. The van der Waals surface area contributed by atoms with Crippen LogP contribution in [0.3, 0.4) is 0 Å². The molecule has 0 aliphatic carbocycles. The zero-order valence-electron chi connectivity index (χ0n) is 12.6. The first-order valence-electron chi connectivity index (χ1n) is 7.15. The predicted molar refractivity (Wildman–Crippen MR) is 89.4 cm³/mol. The number of halogens is 2. The van der Waals surface area contributed by atoms with Gasteiger partial charge >= 0.3 is 5.97 Å². The van der Waals surface area contributed by atoms with Crippen LogP contribution < -0.4 is 5.32 Å². The van der Waals surface area contributed by atoms with Gasteiger partial charge in [-0.15, -0.1) is 0 Å². The third kappa shape index (κ3) is 2.55. The molecule has 0 aliphatic rings. The summed E-state index contributed by atoms with van der Waals surface area (Å²) in [5.41, 5.74) is 0.766. The zero-order chi connectivity index (χ0) is 17.4. The third-order valence-electron chi connectivity index (χ3n) is 3.58. The fourth-order valence-corrected chi connectivity index (χ4v) is 2.83. The van der Waals surface area contributed by atoms with Crippen molar-refractivity contribution in [1.29, 1.82) is 0 Å². The summed E-state index contributed by atoms with van der Waals surface area (Å²) in [7, 11) is 0. The monoisotopic (exact) mass is 349 g/mol. The fourth-order valence-electron chi connectivity index (χ4n) is 2.54. The topological polar surface area (TPSA) is 82.7 Å². The first kappa shape index (κ1) is 16.1. The van der Waals surface area contributed by atoms with Gasteiger partial charge in [-0.2, -0.15) is 0 Å². The number of rotatable bonds is 4. The van der Waals surface area contributed by atoms with Crippen LogP contribution in [0, 0.1) is 5.82 Å². The van der Waals surface area contributed by atoms with Crippen molar-refractivity contribution in [1.82, 2.24) is 0 Å². The van der Waals surface area contributed by atoms with Crippen LogP contribution in [-0.2, 0) is 0 Å². The molecule has 1 aromatic heterocycles. The molecule has 0 aliphatic heterocycles. The lowest BCUT2D eigenvalue weighted by Gasteiger charge is -2.08. The van der Waals surface area contributed by atoms with Gasteiger partial charge in [0.05, 0.1) is 16.1 Å². The minimum absolute atomic E-state index is 0.0486. The van der Waals surface area contributed by atoms with Gasteiger partial charge in [-0.25, -0.2) is 9.18 Å². The van der Waals surface area contributed by atoms with E-state index >= 15 is 0 Å². The number of furan rings is 1. The van der Waals surface area contributed by atoms with E-state index in [1.807, 2.05) is 6.92 Å². The van der Waals surface area contributed by atoms with Gasteiger partial charge in [0.15, 0.2) is 5.75 Å². The number of aromatic hydroxyl groups is 1. The number of carbonyl (C=O) groups is 1. The summed E-state index contributed by atoms with van der Waals surface area (Å²) in [5.74, 6) is -1.91. The van der Waals surface area contributed by atoms with Crippen LogP contribution in [0.5, 0.6) is 5.75 Å². The van der Waals surface area contributed by atoms with Crippen LogP contribution in [0.2, 0.25) is 5.02 Å². The summed E-state index contributed by atoms with van der Waals surface area (Å²) in [5, 5.41) is 22.6. The van der Waals surface area contributed by atoms with E-state index in [9.17, 15) is 19.4 Å². The first-order valence-corrected chi connectivity index (χ1v) is 7.52. The molecule has 2 aromatic carbocycles. The molecule has 0 saturated heterocycles. The summed E-state index contributed by atoms with van der Waals surface area (Å²) in [6.07, 6.45) is 0. The van der Waals surface area contributed by atoms with Crippen molar-refractivity contribution in [3.05, 3.63) is 46.7 Å². The minimum atomic E-state index is -1.26. The Morgan fingerprint density at radius 1 is 1.33 bits per heavy atom. The van der Waals surface area contributed by atoms with Crippen molar-refractivity contribution in [2.45, 2.75) is 6.92 Å². The molecule has 0 saturated carbocycles. The van der Waals surface area contributed by atoms with Crippen molar-refractivity contribution in [2.24, 2.45) is 0 Å². The molecule has 0 fully saturated rings. The molecule has 3 N–H and O–H groups in total. The van der Waals surface area contributed by atoms with E-state index in [0.29, 0.717) is 17.8 Å². The van der Waals surface area contributed by atoms with Crippen LogP contribution in [0.1, 0.15) is 17.3 Å². The molecule has 0 bridgehead atoms. The van der Waals surface area contributed by atoms with Gasteiger partial charge in [-0.05, 0) is 31.2 Å². The quantitative estimate of drug-likeness (QED) is 0.593. The smallest absolute Gasteiger partial charge is 0.340 e. The minimum Gasteiger partial charge on any atom is -0.504 e. The van der Waals surface area contributed by atoms with Crippen molar-refractivity contribution >= 4 is 34.2 Å². The summed E-state index contributed by atoms with van der Waals surface area (Å²) < 4.78 is 18.8. The summed E-state index contributed by atoms with van der Waals surface area (Å²) in [6, 6.07) is 6.73. The van der Waals surface area contributed by atoms with E-state index < -0.39 is 11.8 Å². The predicted octanol–water partition coefficient (Wildman–Crippen LogP) is 4.73. The van der Waals surface area contributed by atoms with Crippen molar-refractivity contribution in [3.63, 3.8) is 0 Å². The number of aromatic carboxylic acids is 1. The van der Waals surface area contributed by atoms with E-state index in [1.54, 1.807) is 0 Å². The molecule has 0 unspecified atom stereocenters. The average molecular weight is 350 g/mol. The lowest BCUT2D eigenvalue weighted by atomic mass is 10.0. The van der Waals surface area contributed by atoms with E-state index in [2.05, 4.69) is 5.32 Å². The highest BCUT2D eigenvalue weighted by Crippen LogP contribution is 2.44. The zero-order valence-corrected chi connectivity index (χ0v) is 13.3. The molecule has 0 amide bonds. The maximum Gasteiger partial charge on any atom is 0.340 e. The Labute approximate surface area is 141 Å². The van der Waals surface area contributed by atoms with Crippen LogP contribution in [0.4, 0.5) is 10.1 Å². The molecule has 0 atom stereocenters. The number of phenols is 1. The number of phenolic OH excluding ortho intramolecular Hbond substituents is 1. The van der Waals surface area contributed by atoms with E-state index in [1.165, 1.54) is 30.3 Å². The fraction of sp³-hybridized carbons (Fsp3) is 0.118. The number of benzene rings is 2. The molecule has 5 nitrogen and oxygen atoms in total. The van der Waals surface area contributed by atoms with Gasteiger partial charge in [0.1, 0.15) is 22.7 Å². The Hall–Kier alpha value is -2.73. The van der Waals surface area contributed by atoms with Crippen LogP contribution in [0.15, 0.2) is 34.7 Å². The van der Waals surface area contributed by atoms with Gasteiger partial charge in [0.25, 0.3) is 0 Å². The van der Waals surface area contributed by atoms with Crippen molar-refractivity contribution in [2.75, 3.05) is 11.9 Å². The summed E-state index contributed by atoms with van der Waals surface area (Å²) in [6.45, 7) is 2.37. The molecule has 124 valence electrons. The van der Waals surface area contributed by atoms with E-state index in [4.69, 9.17) is 16.0 Å². The number of fused-ring (bicyclic) bond motifs is 1. The number of carboxylic acid groups (broad SMARTS) is 1. The van der Waals surface area contributed by atoms with Gasteiger partial charge < -0.3 is 19.9 Å². The Morgan fingerprint density at radius 3 is 2.58 bits per heavy atom. The third-order valence-corrected chi connectivity index (χ3v) is 3.95. The maximum atomic E-state index is 13.1. The van der Waals surface area contributed by atoms with Crippen molar-refractivity contribution < 1.29 is 23.8 Å². The van der Waals surface area contributed by atoms with Gasteiger partial charge in [-0.3, -0.25) is 0 Å². The summed E-state index contributed by atoms with van der Waals surface area (Å²) >= 11 is 6.17. The van der Waals surface area contributed by atoms with E-state index in [0.717, 1.165) is 0 Å². The van der Waals surface area contributed by atoms with Gasteiger partial charge in [0.2, 0.25) is 0 Å². The second-order valence-corrected chi connectivity index (χ2v) is 5.49. The highest BCUT2D eigenvalue weighted by atomic mass is 35.5. The number of anilines is 1. The Balaban J connectivity index is 2.34. The maximum absolute atomic E-state index is 13.1. The largest absolute Gasteiger partial charge is 0.504 e. The lowest BCUT2D eigenvalue weighted by molar-refractivity contribution is 0.0699. The SMILES string of the molecule is CCNc1cc2oc(-c3ccc(F)cc3)c(C(=O)O)c2c(Cl)c1O. The van der Waals surface area contributed by atoms with Crippen LogP contribution in [0.25, 0.3) is 22.3 Å². The summed E-state index contributed by atoms with van der Waals surface area (Å²) in [4.78, 5) is 11.7. The number of hydrogen-bond donors (Lipinski definition) is 3. The molecule has 0 spiro atoms. The second-order valence-electron chi connectivity index (χ2n) is 5.11. The molecule has 1 heterocycles. The molecule has 0 radical (unpaired) electrons. The standard InChI is InChI=1S/C17H13ClFNO4/c1-2-20-10-7-11-12(14(18)15(10)21)13(17(22)23)16(24-11)8-3-5-9(19)6-4-8/h3-7,20-21H,2H2,1H3,(H,22,23). The average Bonchev–Trinajstić information content (AvgIpc) is 2.93. The van der Waals surface area contributed by atoms with Crippen LogP contribution >= 0.6 is 11.6 Å². The normalized spacial score (nSPS) is 11.0. The molecule has 3 aromatic rings. The molecular weight excluding hydrogens is 337 g/mol. The molecular formula is C17H13ClFNO4. The Kier molecular flexibility index (Phi) is 4.07. The molecule has 3 rings (SSSR count).